The first-order valence-electron chi connectivity index (χ1n) is 6.89. The van der Waals surface area contributed by atoms with Gasteiger partial charge in [-0.3, -0.25) is 9.48 Å². The Kier molecular flexibility index (Phi) is 5.38. The third-order valence-corrected chi connectivity index (χ3v) is 4.03. The van der Waals surface area contributed by atoms with Gasteiger partial charge in [0, 0.05) is 16.7 Å². The topological polar surface area (TPSA) is 59.8 Å². The zero-order valence-corrected chi connectivity index (χ0v) is 13.3. The molecule has 21 heavy (non-hydrogen) atoms. The summed E-state index contributed by atoms with van der Waals surface area (Å²) in [5.41, 5.74) is 0.686. The Labute approximate surface area is 129 Å². The molecule has 5 nitrogen and oxygen atoms in total. The third-order valence-electron chi connectivity index (χ3n) is 3.31. The van der Waals surface area contributed by atoms with Crippen molar-refractivity contribution in [3.8, 4) is 0 Å². The highest BCUT2D eigenvalue weighted by atomic mass is 32.2. The number of rotatable bonds is 6. The van der Waals surface area contributed by atoms with E-state index >= 15 is 0 Å². The molecule has 0 radical (unpaired) electrons. The molecule has 0 bridgehead atoms. The standard InChI is InChI=1S/C15H20N4OS/c1-11(2)14(10-19-8-7-16-18-19)17-15(20)12-5-4-6-13(9-12)21-3/h4-9,11,14H,10H2,1-3H3,(H,17,20)/t14-/m0/s1. The normalized spacial score (nSPS) is 12.4. The van der Waals surface area contributed by atoms with E-state index in [4.69, 9.17) is 0 Å². The summed E-state index contributed by atoms with van der Waals surface area (Å²) in [6, 6.07) is 7.66. The van der Waals surface area contributed by atoms with Crippen LogP contribution in [0.2, 0.25) is 0 Å². The second kappa shape index (κ2) is 7.26. The Morgan fingerprint density at radius 2 is 2.24 bits per heavy atom. The number of thioether (sulfide) groups is 1. The molecular formula is C15H20N4OS. The van der Waals surface area contributed by atoms with Crippen molar-refractivity contribution >= 4 is 17.7 Å². The molecule has 0 saturated carbocycles. The fraction of sp³-hybridized carbons (Fsp3) is 0.400. The van der Waals surface area contributed by atoms with Gasteiger partial charge < -0.3 is 5.32 Å². The lowest BCUT2D eigenvalue weighted by atomic mass is 10.0. The second-order valence-corrected chi connectivity index (χ2v) is 6.06. The van der Waals surface area contributed by atoms with Crippen molar-refractivity contribution < 1.29 is 4.79 Å². The van der Waals surface area contributed by atoms with E-state index in [1.165, 1.54) is 0 Å². The highest BCUT2D eigenvalue weighted by molar-refractivity contribution is 7.98. The minimum Gasteiger partial charge on any atom is -0.347 e. The van der Waals surface area contributed by atoms with Gasteiger partial charge in [-0.2, -0.15) is 0 Å². The number of hydrogen-bond donors (Lipinski definition) is 1. The Balaban J connectivity index is 2.07. The number of amides is 1. The van der Waals surface area contributed by atoms with Gasteiger partial charge in [-0.15, -0.1) is 16.9 Å². The predicted octanol–water partition coefficient (Wildman–Crippen LogP) is 2.45. The van der Waals surface area contributed by atoms with E-state index < -0.39 is 0 Å². The molecule has 1 aromatic heterocycles. The number of nitrogens with one attached hydrogen (secondary N) is 1. The summed E-state index contributed by atoms with van der Waals surface area (Å²) < 4.78 is 1.74. The van der Waals surface area contributed by atoms with Crippen LogP contribution in [-0.2, 0) is 6.54 Å². The van der Waals surface area contributed by atoms with Crippen molar-refractivity contribution in [3.05, 3.63) is 42.2 Å². The second-order valence-electron chi connectivity index (χ2n) is 5.18. The van der Waals surface area contributed by atoms with Crippen LogP contribution in [0.25, 0.3) is 0 Å². The van der Waals surface area contributed by atoms with Crippen LogP contribution in [0, 0.1) is 5.92 Å². The van der Waals surface area contributed by atoms with Gasteiger partial charge in [0.15, 0.2) is 0 Å². The molecule has 0 unspecified atom stereocenters. The Morgan fingerprint density at radius 1 is 1.43 bits per heavy atom. The highest BCUT2D eigenvalue weighted by Gasteiger charge is 2.18. The summed E-state index contributed by atoms with van der Waals surface area (Å²) in [6.45, 7) is 4.78. The largest absolute Gasteiger partial charge is 0.347 e. The number of carbonyl (C=O) groups excluding carboxylic acids is 1. The van der Waals surface area contributed by atoms with Crippen LogP contribution in [0.1, 0.15) is 24.2 Å². The van der Waals surface area contributed by atoms with Gasteiger partial charge in [-0.1, -0.05) is 25.1 Å². The van der Waals surface area contributed by atoms with Crippen LogP contribution in [0.3, 0.4) is 0 Å². The van der Waals surface area contributed by atoms with E-state index in [2.05, 4.69) is 29.5 Å². The van der Waals surface area contributed by atoms with E-state index in [9.17, 15) is 4.79 Å². The zero-order chi connectivity index (χ0) is 15.2. The van der Waals surface area contributed by atoms with Crippen molar-refractivity contribution in [2.75, 3.05) is 6.26 Å². The molecule has 1 atom stereocenters. The van der Waals surface area contributed by atoms with Crippen LogP contribution in [0.15, 0.2) is 41.6 Å². The van der Waals surface area contributed by atoms with Crippen molar-refractivity contribution in [2.24, 2.45) is 5.92 Å². The number of carbonyl (C=O) groups is 1. The van der Waals surface area contributed by atoms with E-state index in [1.807, 2.05) is 30.5 Å². The molecule has 0 saturated heterocycles. The maximum Gasteiger partial charge on any atom is 0.251 e. The summed E-state index contributed by atoms with van der Waals surface area (Å²) in [5.74, 6) is 0.256. The molecule has 0 fully saturated rings. The lowest BCUT2D eigenvalue weighted by Gasteiger charge is -2.22. The average molecular weight is 304 g/mol. The van der Waals surface area contributed by atoms with E-state index in [0.717, 1.165) is 4.90 Å². The van der Waals surface area contributed by atoms with Gasteiger partial charge >= 0.3 is 0 Å². The summed E-state index contributed by atoms with van der Waals surface area (Å²) in [7, 11) is 0. The predicted molar refractivity (Wildman–Crippen MR) is 84.3 cm³/mol. The van der Waals surface area contributed by atoms with Crippen LogP contribution in [0.4, 0.5) is 0 Å². The lowest BCUT2D eigenvalue weighted by molar-refractivity contribution is 0.0919. The van der Waals surface area contributed by atoms with Crippen LogP contribution < -0.4 is 5.32 Å². The van der Waals surface area contributed by atoms with Crippen LogP contribution in [0.5, 0.6) is 0 Å². The molecule has 0 spiro atoms. The fourth-order valence-electron chi connectivity index (χ4n) is 1.97. The number of hydrogen-bond acceptors (Lipinski definition) is 4. The van der Waals surface area contributed by atoms with Crippen molar-refractivity contribution in [3.63, 3.8) is 0 Å². The fourth-order valence-corrected chi connectivity index (χ4v) is 2.43. The molecule has 2 aromatic rings. The molecule has 112 valence electrons. The number of nitrogens with zero attached hydrogens (tertiary/aromatic N) is 3. The minimum absolute atomic E-state index is 0.0112. The van der Waals surface area contributed by atoms with Gasteiger partial charge in [0.05, 0.1) is 18.8 Å². The van der Waals surface area contributed by atoms with Gasteiger partial charge in [0.1, 0.15) is 0 Å². The van der Waals surface area contributed by atoms with Crippen molar-refractivity contribution in [2.45, 2.75) is 31.3 Å². The zero-order valence-electron chi connectivity index (χ0n) is 12.5. The van der Waals surface area contributed by atoms with Crippen molar-refractivity contribution in [1.29, 1.82) is 0 Å². The van der Waals surface area contributed by atoms with Gasteiger partial charge in [-0.25, -0.2) is 0 Å². The van der Waals surface area contributed by atoms with Crippen LogP contribution >= 0.6 is 11.8 Å². The van der Waals surface area contributed by atoms with Gasteiger partial charge in [0.25, 0.3) is 5.91 Å². The first kappa shape index (κ1) is 15.6. The Morgan fingerprint density at radius 3 is 2.86 bits per heavy atom. The average Bonchev–Trinajstić information content (AvgIpc) is 2.99. The Bertz CT molecular complexity index is 583. The molecule has 2 rings (SSSR count). The smallest absolute Gasteiger partial charge is 0.251 e. The molecule has 1 aromatic carbocycles. The summed E-state index contributed by atoms with van der Waals surface area (Å²) >= 11 is 1.63. The summed E-state index contributed by atoms with van der Waals surface area (Å²) in [6.07, 6.45) is 5.44. The van der Waals surface area contributed by atoms with Crippen molar-refractivity contribution in [1.82, 2.24) is 20.3 Å². The van der Waals surface area contributed by atoms with E-state index in [1.54, 1.807) is 28.8 Å². The summed E-state index contributed by atoms with van der Waals surface area (Å²) in [5, 5.41) is 10.8. The highest BCUT2D eigenvalue weighted by Crippen LogP contribution is 2.16. The molecule has 6 heteroatoms. The minimum atomic E-state index is -0.0512. The lowest BCUT2D eigenvalue weighted by Crippen LogP contribution is -2.41. The quantitative estimate of drug-likeness (QED) is 0.833. The van der Waals surface area contributed by atoms with Gasteiger partial charge in [0.2, 0.25) is 0 Å². The summed E-state index contributed by atoms with van der Waals surface area (Å²) in [4.78, 5) is 13.5. The molecule has 1 N–H and O–H groups in total. The maximum atomic E-state index is 12.4. The molecular weight excluding hydrogens is 284 g/mol. The van der Waals surface area contributed by atoms with E-state index in [0.29, 0.717) is 18.0 Å². The number of benzene rings is 1. The molecule has 0 aliphatic rings. The van der Waals surface area contributed by atoms with Gasteiger partial charge in [-0.05, 0) is 30.4 Å². The maximum absolute atomic E-state index is 12.4. The van der Waals surface area contributed by atoms with E-state index in [-0.39, 0.29) is 11.9 Å². The van der Waals surface area contributed by atoms with Crippen LogP contribution in [-0.4, -0.2) is 33.2 Å². The first-order valence-corrected chi connectivity index (χ1v) is 8.11. The SMILES string of the molecule is CSc1cccc(C(=O)N[C@@H](Cn2ccnn2)C(C)C)c1. The molecule has 0 aliphatic heterocycles. The first-order chi connectivity index (χ1) is 10.1. The molecule has 0 aliphatic carbocycles. The number of aromatic nitrogens is 3. The monoisotopic (exact) mass is 304 g/mol. The molecule has 1 amide bonds. The third kappa shape index (κ3) is 4.32. The Hall–Kier alpha value is -1.82. The molecule has 1 heterocycles.